The molecule has 1 N–H and O–H groups in total. The largest absolute Gasteiger partial charge is 0.487 e. The first-order chi connectivity index (χ1) is 6.85. The second kappa shape index (κ2) is 3.59. The van der Waals surface area contributed by atoms with Crippen LogP contribution in [0.15, 0.2) is 18.2 Å². The van der Waals surface area contributed by atoms with E-state index in [1.54, 1.807) is 6.07 Å². The van der Waals surface area contributed by atoms with E-state index in [0.29, 0.717) is 17.4 Å². The van der Waals surface area contributed by atoms with Crippen molar-refractivity contribution < 1.29 is 4.74 Å². The van der Waals surface area contributed by atoms with Gasteiger partial charge in [-0.05, 0) is 25.0 Å². The smallest absolute Gasteiger partial charge is 0.160 e. The van der Waals surface area contributed by atoms with E-state index in [2.05, 4.69) is 11.4 Å². The summed E-state index contributed by atoms with van der Waals surface area (Å²) in [6, 6.07) is 7.68. The number of hydrogen-bond donors (Lipinski definition) is 1. The van der Waals surface area contributed by atoms with Crippen molar-refractivity contribution in [2.45, 2.75) is 18.9 Å². The summed E-state index contributed by atoms with van der Waals surface area (Å²) in [5.41, 5.74) is 1.49. The van der Waals surface area contributed by atoms with Crippen LogP contribution in [-0.2, 0) is 0 Å². The summed E-state index contributed by atoms with van der Waals surface area (Å²) in [5.74, 6) is 0.694. The van der Waals surface area contributed by atoms with E-state index in [0.717, 1.165) is 18.5 Å². The first-order valence-corrected chi connectivity index (χ1v) is 4.72. The highest BCUT2D eigenvalue weighted by molar-refractivity contribution is 5.63. The third-order valence-electron chi connectivity index (χ3n) is 2.21. The molecule has 1 saturated carbocycles. The molecule has 0 atom stereocenters. The molecule has 1 aliphatic carbocycles. The van der Waals surface area contributed by atoms with E-state index in [1.165, 1.54) is 0 Å². The number of nitriles is 1. The molecule has 72 valence electrons. The van der Waals surface area contributed by atoms with Crippen LogP contribution in [0.1, 0.15) is 18.4 Å². The van der Waals surface area contributed by atoms with E-state index in [1.807, 2.05) is 19.2 Å². The predicted molar refractivity (Wildman–Crippen MR) is 54.4 cm³/mol. The lowest BCUT2D eigenvalue weighted by Gasteiger charge is -2.11. The molecule has 1 fully saturated rings. The average molecular weight is 188 g/mol. The minimum absolute atomic E-state index is 0.316. The van der Waals surface area contributed by atoms with E-state index in [9.17, 15) is 0 Å². The molecule has 2 rings (SSSR count). The lowest BCUT2D eigenvalue weighted by atomic mass is 10.2. The molecule has 0 aromatic heterocycles. The first kappa shape index (κ1) is 8.89. The Bertz CT molecular complexity index is 377. The summed E-state index contributed by atoms with van der Waals surface area (Å²) in [6.07, 6.45) is 2.52. The van der Waals surface area contributed by atoms with Crippen molar-refractivity contribution in [3.63, 3.8) is 0 Å². The Labute approximate surface area is 83.3 Å². The summed E-state index contributed by atoms with van der Waals surface area (Å²) < 4.78 is 5.68. The molecule has 0 spiro atoms. The molecule has 0 amide bonds. The van der Waals surface area contributed by atoms with Gasteiger partial charge < -0.3 is 10.1 Å². The maximum absolute atomic E-state index is 8.91. The van der Waals surface area contributed by atoms with Crippen LogP contribution in [0.2, 0.25) is 0 Å². The van der Waals surface area contributed by atoms with Crippen LogP contribution in [0, 0.1) is 11.3 Å². The van der Waals surface area contributed by atoms with Gasteiger partial charge in [-0.3, -0.25) is 0 Å². The second-order valence-corrected chi connectivity index (χ2v) is 3.36. The van der Waals surface area contributed by atoms with Gasteiger partial charge >= 0.3 is 0 Å². The Morgan fingerprint density at radius 3 is 2.86 bits per heavy atom. The second-order valence-electron chi connectivity index (χ2n) is 3.36. The lowest BCUT2D eigenvalue weighted by molar-refractivity contribution is 0.304. The Balaban J connectivity index is 2.35. The number of rotatable bonds is 3. The van der Waals surface area contributed by atoms with Gasteiger partial charge in [-0.1, -0.05) is 6.07 Å². The van der Waals surface area contributed by atoms with E-state index in [4.69, 9.17) is 10.00 Å². The standard InChI is InChI=1S/C11H12N2O/c1-13-10-4-2-3-8(7-12)11(10)14-9-5-6-9/h2-4,9,13H,5-6H2,1H3. The fraction of sp³-hybridized carbons (Fsp3) is 0.364. The highest BCUT2D eigenvalue weighted by Gasteiger charge is 2.25. The van der Waals surface area contributed by atoms with Gasteiger partial charge in [0.15, 0.2) is 5.75 Å². The van der Waals surface area contributed by atoms with Crippen LogP contribution in [0.3, 0.4) is 0 Å². The summed E-state index contributed by atoms with van der Waals surface area (Å²) >= 11 is 0. The molecule has 1 aromatic rings. The zero-order valence-electron chi connectivity index (χ0n) is 8.08. The Hall–Kier alpha value is -1.69. The van der Waals surface area contributed by atoms with Crippen molar-refractivity contribution in [3.8, 4) is 11.8 Å². The zero-order chi connectivity index (χ0) is 9.97. The molecule has 1 aromatic carbocycles. The monoisotopic (exact) mass is 188 g/mol. The molecule has 14 heavy (non-hydrogen) atoms. The SMILES string of the molecule is CNc1cccc(C#N)c1OC1CC1. The summed E-state index contributed by atoms with van der Waals surface area (Å²) in [6.45, 7) is 0. The summed E-state index contributed by atoms with van der Waals surface area (Å²) in [5, 5.41) is 11.9. The van der Waals surface area contributed by atoms with Gasteiger partial charge in [-0.25, -0.2) is 0 Å². The minimum Gasteiger partial charge on any atom is -0.487 e. The van der Waals surface area contributed by atoms with Crippen LogP contribution in [-0.4, -0.2) is 13.2 Å². The summed E-state index contributed by atoms with van der Waals surface area (Å²) in [7, 11) is 1.83. The molecule has 3 nitrogen and oxygen atoms in total. The number of nitrogens with one attached hydrogen (secondary N) is 1. The maximum Gasteiger partial charge on any atom is 0.160 e. The van der Waals surface area contributed by atoms with Crippen LogP contribution in [0.25, 0.3) is 0 Å². The van der Waals surface area contributed by atoms with Crippen LogP contribution in [0.4, 0.5) is 5.69 Å². The van der Waals surface area contributed by atoms with Gasteiger partial charge in [-0.15, -0.1) is 0 Å². The fourth-order valence-electron chi connectivity index (χ4n) is 1.30. The van der Waals surface area contributed by atoms with Crippen molar-refractivity contribution in [3.05, 3.63) is 23.8 Å². The van der Waals surface area contributed by atoms with Crippen molar-refractivity contribution >= 4 is 5.69 Å². The van der Waals surface area contributed by atoms with Crippen LogP contribution >= 0.6 is 0 Å². The molecule has 0 radical (unpaired) electrons. The predicted octanol–water partition coefficient (Wildman–Crippen LogP) is 2.14. The number of para-hydroxylation sites is 1. The number of benzene rings is 1. The van der Waals surface area contributed by atoms with Gasteiger partial charge in [0.05, 0.1) is 17.4 Å². The van der Waals surface area contributed by atoms with E-state index >= 15 is 0 Å². The highest BCUT2D eigenvalue weighted by atomic mass is 16.5. The molecule has 0 saturated heterocycles. The molecule has 0 unspecified atom stereocenters. The van der Waals surface area contributed by atoms with Crippen molar-refractivity contribution in [2.24, 2.45) is 0 Å². The molecular formula is C11H12N2O. The Kier molecular flexibility index (Phi) is 2.28. The van der Waals surface area contributed by atoms with Gasteiger partial charge in [0.25, 0.3) is 0 Å². The van der Waals surface area contributed by atoms with Gasteiger partial charge in [-0.2, -0.15) is 5.26 Å². The molecule has 0 heterocycles. The number of anilines is 1. The molecular weight excluding hydrogens is 176 g/mol. The van der Waals surface area contributed by atoms with Gasteiger partial charge in [0.2, 0.25) is 0 Å². The Morgan fingerprint density at radius 1 is 1.50 bits per heavy atom. The fourth-order valence-corrected chi connectivity index (χ4v) is 1.30. The van der Waals surface area contributed by atoms with Gasteiger partial charge in [0.1, 0.15) is 6.07 Å². The molecule has 0 bridgehead atoms. The Morgan fingerprint density at radius 2 is 2.29 bits per heavy atom. The molecule has 0 aliphatic heterocycles. The number of nitrogens with zero attached hydrogens (tertiary/aromatic N) is 1. The van der Waals surface area contributed by atoms with Crippen LogP contribution in [0.5, 0.6) is 5.75 Å². The molecule has 1 aliphatic rings. The highest BCUT2D eigenvalue weighted by Crippen LogP contribution is 2.34. The quantitative estimate of drug-likeness (QED) is 0.790. The maximum atomic E-state index is 8.91. The van der Waals surface area contributed by atoms with Crippen molar-refractivity contribution in [1.29, 1.82) is 5.26 Å². The first-order valence-electron chi connectivity index (χ1n) is 4.72. The minimum atomic E-state index is 0.316. The molecule has 3 heteroatoms. The van der Waals surface area contributed by atoms with Gasteiger partial charge in [0, 0.05) is 7.05 Å². The normalized spacial score (nSPS) is 14.6. The third-order valence-corrected chi connectivity index (χ3v) is 2.21. The van der Waals surface area contributed by atoms with E-state index < -0.39 is 0 Å². The van der Waals surface area contributed by atoms with Crippen molar-refractivity contribution in [2.75, 3.05) is 12.4 Å². The van der Waals surface area contributed by atoms with Crippen LogP contribution < -0.4 is 10.1 Å². The average Bonchev–Trinajstić information content (AvgIpc) is 3.02. The summed E-state index contributed by atoms with van der Waals surface area (Å²) in [4.78, 5) is 0. The number of ether oxygens (including phenoxy) is 1. The third kappa shape index (κ3) is 1.64. The van der Waals surface area contributed by atoms with E-state index in [-0.39, 0.29) is 0 Å². The lowest BCUT2D eigenvalue weighted by Crippen LogP contribution is -2.02. The number of hydrogen-bond acceptors (Lipinski definition) is 3. The zero-order valence-corrected chi connectivity index (χ0v) is 8.08. The topological polar surface area (TPSA) is 45.0 Å². The van der Waals surface area contributed by atoms with Crippen molar-refractivity contribution in [1.82, 2.24) is 0 Å².